The zero-order valence-electron chi connectivity index (χ0n) is 10.2. The van der Waals surface area contributed by atoms with Gasteiger partial charge in [0, 0.05) is 32.5 Å². The van der Waals surface area contributed by atoms with E-state index < -0.39 is 7.37 Å². The van der Waals surface area contributed by atoms with Crippen molar-refractivity contribution >= 4 is 7.37 Å². The molecule has 0 bridgehead atoms. The van der Waals surface area contributed by atoms with E-state index in [1.54, 1.807) is 14.2 Å². The van der Waals surface area contributed by atoms with Crippen molar-refractivity contribution in [2.24, 2.45) is 5.92 Å². The normalized spacial score (nSPS) is 17.3. The second-order valence-electron chi connectivity index (χ2n) is 3.70. The molecular weight excluding hydrogens is 215 g/mol. The Balaban J connectivity index is 3.91. The molecule has 0 aliphatic heterocycles. The molecule has 0 aliphatic rings. The van der Waals surface area contributed by atoms with Crippen LogP contribution < -0.4 is 0 Å². The third-order valence-electron chi connectivity index (χ3n) is 2.16. The molecule has 0 aromatic rings. The molecular formula is C10H23O4P. The highest BCUT2D eigenvalue weighted by atomic mass is 31.2. The van der Waals surface area contributed by atoms with Crippen LogP contribution in [0.25, 0.3) is 0 Å². The minimum Gasteiger partial charge on any atom is -0.384 e. The van der Waals surface area contributed by atoms with Gasteiger partial charge in [-0.1, -0.05) is 13.8 Å². The summed E-state index contributed by atoms with van der Waals surface area (Å²) in [5, 5.41) is 0. The van der Waals surface area contributed by atoms with Gasteiger partial charge in [-0.05, 0) is 0 Å². The van der Waals surface area contributed by atoms with Crippen LogP contribution in [0.3, 0.4) is 0 Å². The van der Waals surface area contributed by atoms with Crippen molar-refractivity contribution in [2.75, 3.05) is 46.4 Å². The highest BCUT2D eigenvalue weighted by Crippen LogP contribution is 2.46. The Morgan fingerprint density at radius 2 is 1.87 bits per heavy atom. The second kappa shape index (κ2) is 8.28. The Morgan fingerprint density at radius 3 is 2.33 bits per heavy atom. The van der Waals surface area contributed by atoms with Gasteiger partial charge >= 0.3 is 0 Å². The van der Waals surface area contributed by atoms with Gasteiger partial charge in [-0.25, -0.2) is 0 Å². The van der Waals surface area contributed by atoms with Crippen molar-refractivity contribution in [3.63, 3.8) is 0 Å². The van der Waals surface area contributed by atoms with Crippen molar-refractivity contribution in [2.45, 2.75) is 13.8 Å². The fraction of sp³-hybridized carbons (Fsp3) is 1.00. The van der Waals surface area contributed by atoms with Gasteiger partial charge in [0.2, 0.25) is 7.37 Å². The third kappa shape index (κ3) is 7.07. The summed E-state index contributed by atoms with van der Waals surface area (Å²) < 4.78 is 27.5. The Kier molecular flexibility index (Phi) is 8.34. The first-order valence-electron chi connectivity index (χ1n) is 5.28. The summed E-state index contributed by atoms with van der Waals surface area (Å²) in [7, 11) is 0.783. The van der Waals surface area contributed by atoms with Crippen LogP contribution in [0.15, 0.2) is 0 Å². The summed E-state index contributed by atoms with van der Waals surface area (Å²) in [5.41, 5.74) is 0. The van der Waals surface area contributed by atoms with E-state index in [9.17, 15) is 4.57 Å². The average molecular weight is 238 g/mol. The Labute approximate surface area is 92.7 Å². The largest absolute Gasteiger partial charge is 0.384 e. The van der Waals surface area contributed by atoms with E-state index in [-0.39, 0.29) is 5.92 Å². The first kappa shape index (κ1) is 15.1. The van der Waals surface area contributed by atoms with Gasteiger partial charge in [-0.3, -0.25) is 4.57 Å². The quantitative estimate of drug-likeness (QED) is 0.578. The van der Waals surface area contributed by atoms with Crippen LogP contribution in [0.5, 0.6) is 0 Å². The molecule has 0 aliphatic carbocycles. The Morgan fingerprint density at radius 1 is 1.20 bits per heavy atom. The third-order valence-corrected chi connectivity index (χ3v) is 4.61. The molecule has 2 unspecified atom stereocenters. The number of methoxy groups -OCH3 is 2. The summed E-state index contributed by atoms with van der Waals surface area (Å²) in [6.07, 6.45) is 1.07. The predicted octanol–water partition coefficient (Wildman–Crippen LogP) is 2.23. The number of ether oxygens (including phenoxy) is 2. The molecule has 4 nitrogen and oxygen atoms in total. The van der Waals surface area contributed by atoms with E-state index in [4.69, 9.17) is 14.0 Å². The summed E-state index contributed by atoms with van der Waals surface area (Å²) >= 11 is 0. The maximum atomic E-state index is 12.1. The van der Waals surface area contributed by atoms with Gasteiger partial charge in [0.05, 0.1) is 19.8 Å². The van der Waals surface area contributed by atoms with E-state index in [2.05, 4.69) is 0 Å². The zero-order valence-corrected chi connectivity index (χ0v) is 11.1. The van der Waals surface area contributed by atoms with Gasteiger partial charge < -0.3 is 14.0 Å². The number of rotatable bonds is 9. The lowest BCUT2D eigenvalue weighted by molar-refractivity contribution is 0.127. The molecule has 0 fully saturated rings. The first-order chi connectivity index (χ1) is 7.08. The zero-order chi connectivity index (χ0) is 11.7. The van der Waals surface area contributed by atoms with E-state index in [0.717, 1.165) is 0 Å². The van der Waals surface area contributed by atoms with Gasteiger partial charge in [0.25, 0.3) is 0 Å². The fourth-order valence-corrected chi connectivity index (χ4v) is 2.75. The van der Waals surface area contributed by atoms with Crippen molar-refractivity contribution in [3.05, 3.63) is 0 Å². The van der Waals surface area contributed by atoms with E-state index in [1.807, 2.05) is 13.8 Å². The van der Waals surface area contributed by atoms with Crippen molar-refractivity contribution in [1.82, 2.24) is 0 Å². The summed E-state index contributed by atoms with van der Waals surface area (Å²) in [6.45, 7) is 5.51. The van der Waals surface area contributed by atoms with Crippen molar-refractivity contribution < 1.29 is 18.6 Å². The van der Waals surface area contributed by atoms with Crippen LogP contribution in [0.1, 0.15) is 13.8 Å². The monoisotopic (exact) mass is 238 g/mol. The maximum absolute atomic E-state index is 12.1. The molecule has 0 rings (SSSR count). The maximum Gasteiger partial charge on any atom is 0.205 e. The number of hydrogen-bond acceptors (Lipinski definition) is 4. The summed E-state index contributed by atoms with van der Waals surface area (Å²) in [6, 6.07) is 0. The van der Waals surface area contributed by atoms with Gasteiger partial charge in [0.1, 0.15) is 0 Å². The van der Waals surface area contributed by atoms with Gasteiger partial charge in [0.15, 0.2) is 0 Å². The lowest BCUT2D eigenvalue weighted by atomic mass is 10.2. The molecule has 0 N–H and O–H groups in total. The van der Waals surface area contributed by atoms with Crippen LogP contribution in [0.2, 0.25) is 0 Å². The molecule has 0 saturated heterocycles. The SMILES string of the molecule is CCP(=O)(CCOC)OCC(C)COC. The molecule has 15 heavy (non-hydrogen) atoms. The second-order valence-corrected chi connectivity index (χ2v) is 6.67. The van der Waals surface area contributed by atoms with Crippen molar-refractivity contribution in [1.29, 1.82) is 0 Å². The minimum absolute atomic E-state index is 0.275. The van der Waals surface area contributed by atoms with Crippen LogP contribution in [-0.2, 0) is 18.6 Å². The van der Waals surface area contributed by atoms with E-state index >= 15 is 0 Å². The van der Waals surface area contributed by atoms with Crippen LogP contribution in [-0.4, -0.2) is 46.4 Å². The fourth-order valence-electron chi connectivity index (χ4n) is 1.14. The molecule has 0 aromatic carbocycles. The van der Waals surface area contributed by atoms with E-state index in [0.29, 0.717) is 32.1 Å². The standard InChI is InChI=1S/C10H23O4P/c1-5-15(11,7-6-12-3)14-9-10(2)8-13-4/h10H,5-9H2,1-4H3. The number of hydrogen-bond donors (Lipinski definition) is 0. The van der Waals surface area contributed by atoms with Crippen molar-refractivity contribution in [3.8, 4) is 0 Å². The first-order valence-corrected chi connectivity index (χ1v) is 7.28. The highest BCUT2D eigenvalue weighted by Gasteiger charge is 2.21. The molecule has 0 radical (unpaired) electrons. The van der Waals surface area contributed by atoms with E-state index in [1.165, 1.54) is 0 Å². The van der Waals surface area contributed by atoms with Crippen LogP contribution in [0.4, 0.5) is 0 Å². The average Bonchev–Trinajstić information content (AvgIpc) is 2.24. The lowest BCUT2D eigenvalue weighted by Gasteiger charge is -2.19. The van der Waals surface area contributed by atoms with Crippen LogP contribution >= 0.6 is 7.37 Å². The predicted molar refractivity (Wildman–Crippen MR) is 61.9 cm³/mol. The molecule has 2 atom stereocenters. The highest BCUT2D eigenvalue weighted by molar-refractivity contribution is 7.58. The molecule has 0 spiro atoms. The van der Waals surface area contributed by atoms with Gasteiger partial charge in [-0.15, -0.1) is 0 Å². The summed E-state index contributed by atoms with van der Waals surface area (Å²) in [4.78, 5) is 0. The Bertz CT molecular complexity index is 196. The summed E-state index contributed by atoms with van der Waals surface area (Å²) in [5.74, 6) is 0.275. The lowest BCUT2D eigenvalue weighted by Crippen LogP contribution is -2.13. The topological polar surface area (TPSA) is 44.8 Å². The molecule has 0 amide bonds. The van der Waals surface area contributed by atoms with Gasteiger partial charge in [-0.2, -0.15) is 0 Å². The molecule has 0 aromatic heterocycles. The van der Waals surface area contributed by atoms with Crippen LogP contribution in [0, 0.1) is 5.92 Å². The minimum atomic E-state index is -2.47. The molecule has 5 heteroatoms. The molecule has 0 heterocycles. The smallest absolute Gasteiger partial charge is 0.205 e. The molecule has 92 valence electrons. The molecule has 0 saturated carbocycles. The Hall–Kier alpha value is 0.110.